The molecule has 1 aromatic carbocycles. The zero-order chi connectivity index (χ0) is 27.4. The number of nitriles is 1. The molecular weight excluding hydrogens is 526 g/mol. The van der Waals surface area contributed by atoms with E-state index in [1.165, 1.54) is 6.07 Å². The standard InChI is InChI=1S/C25H23F4N5O3S/c1-33-9-8-19(17(26)12-33)37-14-4-2-13(3-5-14)15-10-24(21(15)35)22(36)34(23(38)32-24)20-7-6-16(25(27,28)29)18(11-30)31-20/h2-7,15,17,19,23,32,38H,8-10,12H2,1H3. The molecule has 1 aliphatic carbocycles. The number of amides is 1. The molecular formula is C25H23F4N5O3S. The van der Waals surface area contributed by atoms with Gasteiger partial charge < -0.3 is 9.64 Å². The molecule has 1 amide bonds. The van der Waals surface area contributed by atoms with Gasteiger partial charge >= 0.3 is 6.18 Å². The first kappa shape index (κ1) is 26.4. The maximum absolute atomic E-state index is 14.3. The van der Waals surface area contributed by atoms with Gasteiger partial charge in [-0.25, -0.2) is 9.37 Å². The van der Waals surface area contributed by atoms with E-state index >= 15 is 0 Å². The number of ether oxygens (including phenoxy) is 1. The molecule has 2 saturated heterocycles. The van der Waals surface area contributed by atoms with Crippen molar-refractivity contribution in [3.05, 3.63) is 53.2 Å². The molecule has 8 nitrogen and oxygen atoms in total. The van der Waals surface area contributed by atoms with E-state index < -0.39 is 58.4 Å². The lowest BCUT2D eigenvalue weighted by Gasteiger charge is -2.41. The molecule has 5 atom stereocenters. The van der Waals surface area contributed by atoms with E-state index in [-0.39, 0.29) is 12.2 Å². The van der Waals surface area contributed by atoms with Crippen LogP contribution in [0.5, 0.6) is 5.75 Å². The van der Waals surface area contributed by atoms with Gasteiger partial charge in [0, 0.05) is 19.0 Å². The van der Waals surface area contributed by atoms with Crippen LogP contribution < -0.4 is 15.0 Å². The number of alkyl halides is 4. The number of nitrogens with zero attached hydrogens (tertiary/aromatic N) is 4. The zero-order valence-electron chi connectivity index (χ0n) is 20.1. The number of halogens is 4. The summed E-state index contributed by atoms with van der Waals surface area (Å²) in [6, 6.07) is 9.75. The number of thiol groups is 1. The van der Waals surface area contributed by atoms with Crippen LogP contribution in [0.25, 0.3) is 0 Å². The Morgan fingerprint density at radius 1 is 1.21 bits per heavy atom. The predicted molar refractivity (Wildman–Crippen MR) is 130 cm³/mol. The highest BCUT2D eigenvalue weighted by molar-refractivity contribution is 7.81. The lowest BCUT2D eigenvalue weighted by atomic mass is 9.64. The van der Waals surface area contributed by atoms with Crippen LogP contribution in [-0.2, 0) is 15.8 Å². The SMILES string of the molecule is CN1CCC(Oc2ccc(C3CC4(NC(S)N(c5ccc(C(F)(F)F)c(C#N)n5)C4=O)C3=O)cc2)C(F)C1. The summed E-state index contributed by atoms with van der Waals surface area (Å²) in [5, 5.41) is 12.0. The third-order valence-corrected chi connectivity index (χ3v) is 7.60. The number of nitrogens with one attached hydrogen (secondary N) is 1. The topological polar surface area (TPSA) is 98.6 Å². The number of hydrogen-bond donors (Lipinski definition) is 2. The van der Waals surface area contributed by atoms with Gasteiger partial charge in [-0.3, -0.25) is 19.8 Å². The van der Waals surface area contributed by atoms with Crippen molar-refractivity contribution in [2.24, 2.45) is 0 Å². The minimum atomic E-state index is -4.79. The van der Waals surface area contributed by atoms with Crippen molar-refractivity contribution in [1.82, 2.24) is 15.2 Å². The van der Waals surface area contributed by atoms with Gasteiger partial charge in [-0.1, -0.05) is 12.1 Å². The van der Waals surface area contributed by atoms with E-state index in [9.17, 15) is 27.2 Å². The van der Waals surface area contributed by atoms with Crippen molar-refractivity contribution in [1.29, 1.82) is 5.26 Å². The highest BCUT2D eigenvalue weighted by Crippen LogP contribution is 2.47. The fourth-order valence-electron chi connectivity index (χ4n) is 5.17. The largest absolute Gasteiger partial charge is 0.487 e. The average molecular weight is 550 g/mol. The van der Waals surface area contributed by atoms with Crippen LogP contribution in [0.1, 0.15) is 35.6 Å². The molecule has 5 unspecified atom stereocenters. The van der Waals surface area contributed by atoms with E-state index in [2.05, 4.69) is 22.9 Å². The van der Waals surface area contributed by atoms with Gasteiger partial charge in [0.15, 0.2) is 17.0 Å². The third kappa shape index (κ3) is 4.40. The Labute approximate surface area is 221 Å². The van der Waals surface area contributed by atoms with Crippen LogP contribution in [0.15, 0.2) is 36.4 Å². The van der Waals surface area contributed by atoms with Gasteiger partial charge in [-0.05, 0) is 49.7 Å². The summed E-state index contributed by atoms with van der Waals surface area (Å²) in [6.07, 6.45) is -5.79. The second-order valence-electron chi connectivity index (χ2n) is 9.69. The second-order valence-corrected chi connectivity index (χ2v) is 10.2. The number of anilines is 1. The molecule has 1 aromatic heterocycles. The van der Waals surface area contributed by atoms with Crippen molar-refractivity contribution in [3.8, 4) is 11.8 Å². The third-order valence-electron chi connectivity index (χ3n) is 7.24. The number of benzene rings is 1. The number of carbonyl (C=O) groups is 2. The van der Waals surface area contributed by atoms with Gasteiger partial charge in [0.25, 0.3) is 5.91 Å². The average Bonchev–Trinajstić information content (AvgIpc) is 3.15. The molecule has 5 rings (SSSR count). The summed E-state index contributed by atoms with van der Waals surface area (Å²) in [7, 11) is 1.85. The number of hydrogen-bond acceptors (Lipinski definition) is 8. The van der Waals surface area contributed by atoms with Crippen LogP contribution >= 0.6 is 12.6 Å². The summed E-state index contributed by atoms with van der Waals surface area (Å²) >= 11 is 4.30. The molecule has 0 bridgehead atoms. The van der Waals surface area contributed by atoms with Crippen LogP contribution in [-0.4, -0.2) is 65.0 Å². The van der Waals surface area contributed by atoms with E-state index in [1.807, 2.05) is 11.9 Å². The Bertz CT molecular complexity index is 1320. The van der Waals surface area contributed by atoms with E-state index in [0.717, 1.165) is 17.5 Å². The monoisotopic (exact) mass is 549 g/mol. The quantitative estimate of drug-likeness (QED) is 0.344. The molecule has 38 heavy (non-hydrogen) atoms. The molecule has 200 valence electrons. The van der Waals surface area contributed by atoms with Gasteiger partial charge in [-0.2, -0.15) is 18.4 Å². The number of aromatic nitrogens is 1. The molecule has 1 saturated carbocycles. The van der Waals surface area contributed by atoms with E-state index in [1.54, 1.807) is 24.3 Å². The predicted octanol–water partition coefficient (Wildman–Crippen LogP) is 3.04. The van der Waals surface area contributed by atoms with Crippen LogP contribution in [0.4, 0.5) is 23.4 Å². The van der Waals surface area contributed by atoms with E-state index in [4.69, 9.17) is 10.00 Å². The minimum Gasteiger partial charge on any atom is -0.487 e. The highest BCUT2D eigenvalue weighted by atomic mass is 32.1. The Morgan fingerprint density at radius 3 is 2.53 bits per heavy atom. The van der Waals surface area contributed by atoms with Gasteiger partial charge in [0.2, 0.25) is 0 Å². The van der Waals surface area contributed by atoms with E-state index in [0.29, 0.717) is 30.3 Å². The lowest BCUT2D eigenvalue weighted by molar-refractivity contribution is -0.142. The number of ketones is 1. The molecule has 2 aromatic rings. The Kier molecular flexibility index (Phi) is 6.61. The minimum absolute atomic E-state index is 0.103. The normalized spacial score (nSPS) is 29.9. The first-order valence-electron chi connectivity index (χ1n) is 11.9. The summed E-state index contributed by atoms with van der Waals surface area (Å²) in [5.74, 6) is -1.46. The molecule has 1 spiro atoms. The maximum atomic E-state index is 14.3. The Morgan fingerprint density at radius 2 is 1.92 bits per heavy atom. The molecule has 3 heterocycles. The van der Waals surface area contributed by atoms with Gasteiger partial charge in [0.05, 0.1) is 5.56 Å². The van der Waals surface area contributed by atoms with Gasteiger partial charge in [0.1, 0.15) is 35.4 Å². The maximum Gasteiger partial charge on any atom is 0.419 e. The second kappa shape index (κ2) is 9.52. The summed E-state index contributed by atoms with van der Waals surface area (Å²) in [4.78, 5) is 33.2. The highest BCUT2D eigenvalue weighted by Gasteiger charge is 2.65. The lowest BCUT2D eigenvalue weighted by Crippen LogP contribution is -2.64. The van der Waals surface area contributed by atoms with Gasteiger partial charge in [-0.15, -0.1) is 12.6 Å². The Balaban J connectivity index is 1.29. The number of rotatable bonds is 4. The number of carbonyl (C=O) groups excluding carboxylic acids is 2. The first-order chi connectivity index (χ1) is 17.9. The molecule has 2 aliphatic heterocycles. The zero-order valence-corrected chi connectivity index (χ0v) is 21.0. The van der Waals surface area contributed by atoms with Crippen molar-refractivity contribution in [3.63, 3.8) is 0 Å². The van der Waals surface area contributed by atoms with Crippen molar-refractivity contribution >= 4 is 30.1 Å². The molecule has 3 fully saturated rings. The fraction of sp³-hybridized carbons (Fsp3) is 0.440. The number of piperidine rings is 1. The fourth-order valence-corrected chi connectivity index (χ4v) is 5.61. The molecule has 13 heteroatoms. The summed E-state index contributed by atoms with van der Waals surface area (Å²) in [6.45, 7) is 1.03. The molecule has 3 aliphatic rings. The van der Waals surface area contributed by atoms with Crippen LogP contribution in [0.2, 0.25) is 0 Å². The first-order valence-corrected chi connectivity index (χ1v) is 12.4. The molecule has 0 radical (unpaired) electrons. The summed E-state index contributed by atoms with van der Waals surface area (Å²) < 4.78 is 59.5. The van der Waals surface area contributed by atoms with Crippen LogP contribution in [0, 0.1) is 11.3 Å². The summed E-state index contributed by atoms with van der Waals surface area (Å²) in [5.41, 5.74) is -4.10. The van der Waals surface area contributed by atoms with Crippen molar-refractivity contribution in [2.45, 2.75) is 48.2 Å². The smallest absolute Gasteiger partial charge is 0.419 e. The molecule has 1 N–H and O–H groups in total. The number of pyridine rings is 1. The van der Waals surface area contributed by atoms with Crippen molar-refractivity contribution < 1.29 is 31.9 Å². The van der Waals surface area contributed by atoms with Crippen LogP contribution in [0.3, 0.4) is 0 Å². The van der Waals surface area contributed by atoms with Crippen molar-refractivity contribution in [2.75, 3.05) is 25.0 Å². The number of likely N-dealkylation sites (tertiary alicyclic amines) is 1. The Hall–Kier alpha value is -3.21. The number of Topliss-reactive ketones (excluding diaryl/α,β-unsaturated/α-hetero) is 1.